The SMILES string of the molecule is O=C(Cn1nnc(-c2ccccc2)n1)O[C@H]1CCOC1=O. The Bertz CT molecular complexity index is 655. The molecule has 1 aliphatic heterocycles. The highest BCUT2D eigenvalue weighted by Gasteiger charge is 2.30. The summed E-state index contributed by atoms with van der Waals surface area (Å²) in [5, 5.41) is 11.7. The van der Waals surface area contributed by atoms with Crippen molar-refractivity contribution < 1.29 is 19.1 Å². The van der Waals surface area contributed by atoms with E-state index < -0.39 is 18.0 Å². The van der Waals surface area contributed by atoms with Crippen LogP contribution in [-0.2, 0) is 25.6 Å². The Labute approximate surface area is 119 Å². The fraction of sp³-hybridized carbons (Fsp3) is 0.308. The number of aromatic nitrogens is 4. The highest BCUT2D eigenvalue weighted by atomic mass is 16.6. The number of rotatable bonds is 4. The predicted molar refractivity (Wildman–Crippen MR) is 68.7 cm³/mol. The van der Waals surface area contributed by atoms with Crippen LogP contribution < -0.4 is 0 Å². The maximum atomic E-state index is 11.7. The molecule has 8 nitrogen and oxygen atoms in total. The number of carbonyl (C=O) groups excluding carboxylic acids is 2. The van der Waals surface area contributed by atoms with Gasteiger partial charge in [-0.1, -0.05) is 30.3 Å². The number of benzene rings is 1. The second kappa shape index (κ2) is 5.70. The molecule has 1 aromatic heterocycles. The Morgan fingerprint density at radius 1 is 1.38 bits per heavy atom. The monoisotopic (exact) mass is 288 g/mol. The van der Waals surface area contributed by atoms with E-state index in [0.29, 0.717) is 12.2 Å². The second-order valence-electron chi connectivity index (χ2n) is 4.44. The fourth-order valence-corrected chi connectivity index (χ4v) is 1.91. The molecular weight excluding hydrogens is 276 g/mol. The van der Waals surface area contributed by atoms with E-state index in [1.54, 1.807) is 0 Å². The van der Waals surface area contributed by atoms with Crippen LogP contribution in [0, 0.1) is 0 Å². The van der Waals surface area contributed by atoms with E-state index >= 15 is 0 Å². The molecule has 0 radical (unpaired) electrons. The van der Waals surface area contributed by atoms with Crippen LogP contribution in [0.25, 0.3) is 11.4 Å². The Balaban J connectivity index is 1.62. The van der Waals surface area contributed by atoms with Crippen molar-refractivity contribution in [3.05, 3.63) is 30.3 Å². The minimum atomic E-state index is -0.824. The molecule has 21 heavy (non-hydrogen) atoms. The van der Waals surface area contributed by atoms with Crippen molar-refractivity contribution in [2.75, 3.05) is 6.61 Å². The Hall–Kier alpha value is -2.77. The summed E-state index contributed by atoms with van der Waals surface area (Å²) < 4.78 is 9.71. The van der Waals surface area contributed by atoms with Crippen LogP contribution in [0.3, 0.4) is 0 Å². The molecule has 1 atom stereocenters. The molecule has 2 heterocycles. The van der Waals surface area contributed by atoms with Crippen LogP contribution in [-0.4, -0.2) is 44.9 Å². The first kappa shape index (κ1) is 13.2. The van der Waals surface area contributed by atoms with Crippen LogP contribution in [0.5, 0.6) is 0 Å². The standard InChI is InChI=1S/C13H12N4O4/c18-11(21-10-6-7-20-13(10)19)8-17-15-12(14-16-17)9-4-2-1-3-5-9/h1-5,10H,6-8H2/t10-/m0/s1. The molecule has 1 aliphatic rings. The highest BCUT2D eigenvalue weighted by molar-refractivity contribution is 5.80. The number of nitrogens with zero attached hydrogens (tertiary/aromatic N) is 4. The number of hydrogen-bond donors (Lipinski definition) is 0. The maximum absolute atomic E-state index is 11.7. The van der Waals surface area contributed by atoms with Gasteiger partial charge >= 0.3 is 11.9 Å². The van der Waals surface area contributed by atoms with Gasteiger partial charge in [0.2, 0.25) is 11.9 Å². The highest BCUT2D eigenvalue weighted by Crippen LogP contribution is 2.12. The lowest BCUT2D eigenvalue weighted by atomic mass is 10.2. The average Bonchev–Trinajstić information content (AvgIpc) is 3.10. The minimum absolute atomic E-state index is 0.205. The van der Waals surface area contributed by atoms with Crippen molar-refractivity contribution >= 4 is 11.9 Å². The third-order valence-electron chi connectivity index (χ3n) is 2.92. The molecule has 0 unspecified atom stereocenters. The van der Waals surface area contributed by atoms with Gasteiger partial charge in [-0.15, -0.1) is 10.2 Å². The van der Waals surface area contributed by atoms with Gasteiger partial charge in [-0.3, -0.25) is 0 Å². The summed E-state index contributed by atoms with van der Waals surface area (Å²) in [4.78, 5) is 24.0. The zero-order valence-corrected chi connectivity index (χ0v) is 11.0. The molecular formula is C13H12N4O4. The number of ether oxygens (including phenoxy) is 2. The lowest BCUT2D eigenvalue weighted by Crippen LogP contribution is -2.25. The van der Waals surface area contributed by atoms with E-state index in [-0.39, 0.29) is 13.2 Å². The molecule has 1 aromatic carbocycles. The molecule has 1 fully saturated rings. The van der Waals surface area contributed by atoms with Crippen molar-refractivity contribution in [1.29, 1.82) is 0 Å². The van der Waals surface area contributed by atoms with Crippen LogP contribution >= 0.6 is 0 Å². The lowest BCUT2D eigenvalue weighted by Gasteiger charge is -2.06. The molecule has 1 saturated heterocycles. The van der Waals surface area contributed by atoms with E-state index in [2.05, 4.69) is 15.4 Å². The van der Waals surface area contributed by atoms with Gasteiger partial charge in [0.25, 0.3) is 0 Å². The quantitative estimate of drug-likeness (QED) is 0.741. The van der Waals surface area contributed by atoms with Gasteiger partial charge in [0.1, 0.15) is 0 Å². The Kier molecular flexibility index (Phi) is 3.59. The first-order valence-corrected chi connectivity index (χ1v) is 6.42. The molecule has 0 bridgehead atoms. The zero-order valence-electron chi connectivity index (χ0n) is 11.0. The molecule has 2 aromatic rings. The smallest absolute Gasteiger partial charge is 0.347 e. The molecule has 0 saturated carbocycles. The number of hydrogen-bond acceptors (Lipinski definition) is 7. The Morgan fingerprint density at radius 3 is 2.90 bits per heavy atom. The van der Waals surface area contributed by atoms with Gasteiger partial charge in [-0.2, -0.15) is 4.80 Å². The van der Waals surface area contributed by atoms with Gasteiger partial charge in [-0.05, 0) is 5.21 Å². The first-order chi connectivity index (χ1) is 10.2. The summed E-state index contributed by atoms with van der Waals surface area (Å²) >= 11 is 0. The van der Waals surface area contributed by atoms with Gasteiger partial charge < -0.3 is 9.47 Å². The van der Waals surface area contributed by atoms with Crippen molar-refractivity contribution in [3.8, 4) is 11.4 Å². The fourth-order valence-electron chi connectivity index (χ4n) is 1.91. The normalized spacial score (nSPS) is 17.5. The molecule has 0 amide bonds. The van der Waals surface area contributed by atoms with Crippen LogP contribution in [0.4, 0.5) is 0 Å². The number of esters is 2. The first-order valence-electron chi connectivity index (χ1n) is 6.42. The molecule has 8 heteroatoms. The van der Waals surface area contributed by atoms with E-state index in [1.807, 2.05) is 30.3 Å². The zero-order chi connectivity index (χ0) is 14.7. The summed E-state index contributed by atoms with van der Waals surface area (Å²) in [5.41, 5.74) is 0.802. The lowest BCUT2D eigenvalue weighted by molar-refractivity contribution is -0.161. The van der Waals surface area contributed by atoms with Gasteiger partial charge in [0.05, 0.1) is 6.61 Å². The van der Waals surface area contributed by atoms with Crippen LogP contribution in [0.2, 0.25) is 0 Å². The number of cyclic esters (lactones) is 1. The summed E-state index contributed by atoms with van der Waals surface area (Å²) in [6.07, 6.45) is -0.445. The number of tetrazole rings is 1. The molecule has 3 rings (SSSR count). The third-order valence-corrected chi connectivity index (χ3v) is 2.92. The van der Waals surface area contributed by atoms with Crippen molar-refractivity contribution in [2.45, 2.75) is 19.1 Å². The summed E-state index contributed by atoms with van der Waals surface area (Å²) in [6, 6.07) is 9.28. The van der Waals surface area contributed by atoms with Crippen molar-refractivity contribution in [1.82, 2.24) is 20.2 Å². The summed E-state index contributed by atoms with van der Waals surface area (Å²) in [6.45, 7) is 0.0696. The third kappa shape index (κ3) is 3.04. The number of carbonyl (C=O) groups is 2. The van der Waals surface area contributed by atoms with Gasteiger partial charge in [0.15, 0.2) is 6.54 Å². The van der Waals surface area contributed by atoms with Gasteiger partial charge in [0, 0.05) is 12.0 Å². The van der Waals surface area contributed by atoms with E-state index in [0.717, 1.165) is 10.4 Å². The van der Waals surface area contributed by atoms with Crippen LogP contribution in [0.15, 0.2) is 30.3 Å². The van der Waals surface area contributed by atoms with Crippen molar-refractivity contribution in [2.24, 2.45) is 0 Å². The van der Waals surface area contributed by atoms with E-state index in [4.69, 9.17) is 9.47 Å². The minimum Gasteiger partial charge on any atom is -0.463 e. The second-order valence-corrected chi connectivity index (χ2v) is 4.44. The van der Waals surface area contributed by atoms with Crippen LogP contribution in [0.1, 0.15) is 6.42 Å². The molecule has 0 N–H and O–H groups in total. The molecule has 0 aliphatic carbocycles. The van der Waals surface area contributed by atoms with E-state index in [1.165, 1.54) is 0 Å². The average molecular weight is 288 g/mol. The predicted octanol–water partition coefficient (Wildman–Crippen LogP) is 0.199. The maximum Gasteiger partial charge on any atom is 0.347 e. The largest absolute Gasteiger partial charge is 0.463 e. The summed E-state index contributed by atoms with van der Waals surface area (Å²) in [5.74, 6) is -0.695. The van der Waals surface area contributed by atoms with Gasteiger partial charge in [-0.25, -0.2) is 9.59 Å². The van der Waals surface area contributed by atoms with Crippen molar-refractivity contribution in [3.63, 3.8) is 0 Å². The molecule has 108 valence electrons. The Morgan fingerprint density at radius 2 is 2.19 bits per heavy atom. The topological polar surface area (TPSA) is 96.2 Å². The summed E-state index contributed by atoms with van der Waals surface area (Å²) in [7, 11) is 0. The molecule has 0 spiro atoms. The van der Waals surface area contributed by atoms with E-state index in [9.17, 15) is 9.59 Å².